The van der Waals surface area contributed by atoms with E-state index in [0.717, 1.165) is 5.56 Å². The van der Waals surface area contributed by atoms with E-state index in [0.29, 0.717) is 19.5 Å². The second kappa shape index (κ2) is 5.84. The summed E-state index contributed by atoms with van der Waals surface area (Å²) in [6.07, 6.45) is 0.295. The lowest BCUT2D eigenvalue weighted by Gasteiger charge is -2.15. The van der Waals surface area contributed by atoms with Crippen molar-refractivity contribution in [3.63, 3.8) is 0 Å². The molecule has 1 fully saturated rings. The summed E-state index contributed by atoms with van der Waals surface area (Å²) >= 11 is 0. The second-order valence-electron chi connectivity index (χ2n) is 4.94. The Hall–Kier alpha value is -1.88. The summed E-state index contributed by atoms with van der Waals surface area (Å²) in [4.78, 5) is 24.9. The van der Waals surface area contributed by atoms with Crippen LogP contribution >= 0.6 is 0 Å². The van der Waals surface area contributed by atoms with Crippen LogP contribution in [0.5, 0.6) is 0 Å². The average molecular weight is 261 g/mol. The third-order valence-corrected chi connectivity index (χ3v) is 3.44. The molecule has 2 atom stereocenters. The van der Waals surface area contributed by atoms with Crippen LogP contribution in [-0.2, 0) is 9.59 Å². The minimum absolute atomic E-state index is 0.0208. The molecule has 0 bridgehead atoms. The molecule has 1 aliphatic heterocycles. The van der Waals surface area contributed by atoms with Crippen LogP contribution in [0.3, 0.4) is 0 Å². The summed E-state index contributed by atoms with van der Waals surface area (Å²) < 4.78 is 0. The van der Waals surface area contributed by atoms with Gasteiger partial charge in [-0.1, -0.05) is 30.3 Å². The molecule has 1 saturated heterocycles. The third-order valence-electron chi connectivity index (χ3n) is 3.44. The minimum Gasteiger partial charge on any atom is -0.354 e. The van der Waals surface area contributed by atoms with Crippen LogP contribution in [0.2, 0.25) is 0 Å². The molecule has 102 valence electrons. The van der Waals surface area contributed by atoms with Gasteiger partial charge in [0.1, 0.15) is 0 Å². The van der Waals surface area contributed by atoms with E-state index in [-0.39, 0.29) is 23.8 Å². The molecule has 0 radical (unpaired) electrons. The molecular formula is C14H19N3O2. The van der Waals surface area contributed by atoms with Gasteiger partial charge in [-0.3, -0.25) is 9.59 Å². The normalized spacial score (nSPS) is 20.4. The van der Waals surface area contributed by atoms with E-state index < -0.39 is 0 Å². The maximum Gasteiger partial charge on any atom is 0.225 e. The first-order chi connectivity index (χ1) is 9.08. The van der Waals surface area contributed by atoms with Crippen molar-refractivity contribution < 1.29 is 9.59 Å². The zero-order chi connectivity index (χ0) is 13.8. The van der Waals surface area contributed by atoms with Crippen LogP contribution in [0.25, 0.3) is 0 Å². The van der Waals surface area contributed by atoms with Gasteiger partial charge in [0, 0.05) is 32.6 Å². The first-order valence-corrected chi connectivity index (χ1v) is 6.40. The Kier molecular flexibility index (Phi) is 4.16. The van der Waals surface area contributed by atoms with Crippen molar-refractivity contribution in [2.45, 2.75) is 12.5 Å². The summed E-state index contributed by atoms with van der Waals surface area (Å²) in [5.41, 5.74) is 6.99. The molecule has 19 heavy (non-hydrogen) atoms. The summed E-state index contributed by atoms with van der Waals surface area (Å²) in [5, 5.41) is 2.82. The molecular weight excluding hydrogens is 242 g/mol. The van der Waals surface area contributed by atoms with E-state index in [1.54, 1.807) is 11.9 Å². The molecule has 0 saturated carbocycles. The molecule has 2 unspecified atom stereocenters. The Balaban J connectivity index is 1.83. The molecule has 0 spiro atoms. The quantitative estimate of drug-likeness (QED) is 0.817. The third kappa shape index (κ3) is 3.32. The number of rotatable bonds is 4. The smallest absolute Gasteiger partial charge is 0.225 e. The topological polar surface area (TPSA) is 75.4 Å². The Morgan fingerprint density at radius 1 is 1.47 bits per heavy atom. The Bertz CT molecular complexity index is 461. The number of nitrogens with two attached hydrogens (primary N) is 1. The van der Waals surface area contributed by atoms with Gasteiger partial charge in [0.25, 0.3) is 0 Å². The molecule has 5 nitrogen and oxygen atoms in total. The zero-order valence-corrected chi connectivity index (χ0v) is 11.0. The van der Waals surface area contributed by atoms with Gasteiger partial charge in [-0.2, -0.15) is 0 Å². The number of amides is 2. The molecule has 5 heteroatoms. The van der Waals surface area contributed by atoms with Crippen molar-refractivity contribution in [1.82, 2.24) is 10.2 Å². The number of nitrogens with one attached hydrogen (secondary N) is 1. The average Bonchev–Trinajstić information content (AvgIpc) is 2.77. The highest BCUT2D eigenvalue weighted by atomic mass is 16.2. The van der Waals surface area contributed by atoms with Crippen LogP contribution in [0.4, 0.5) is 0 Å². The van der Waals surface area contributed by atoms with Crippen molar-refractivity contribution in [2.24, 2.45) is 11.7 Å². The fourth-order valence-electron chi connectivity index (χ4n) is 2.21. The number of likely N-dealkylation sites (tertiary alicyclic amines) is 1. The number of hydrogen-bond donors (Lipinski definition) is 2. The lowest BCUT2D eigenvalue weighted by molar-refractivity contribution is -0.128. The first kappa shape index (κ1) is 13.5. The predicted octanol–water partition coefficient (Wildman–Crippen LogP) is 0.281. The van der Waals surface area contributed by atoms with Crippen LogP contribution in [0.1, 0.15) is 18.0 Å². The SMILES string of the molecule is CN1CC(C(=O)NCC(N)c2ccccc2)CC1=O. The van der Waals surface area contributed by atoms with Gasteiger partial charge in [0.15, 0.2) is 0 Å². The van der Waals surface area contributed by atoms with Crippen LogP contribution in [0, 0.1) is 5.92 Å². The van der Waals surface area contributed by atoms with Crippen molar-refractivity contribution in [2.75, 3.05) is 20.1 Å². The largest absolute Gasteiger partial charge is 0.354 e. The number of hydrogen-bond acceptors (Lipinski definition) is 3. The van der Waals surface area contributed by atoms with E-state index in [9.17, 15) is 9.59 Å². The molecule has 1 heterocycles. The number of benzene rings is 1. The fraction of sp³-hybridized carbons (Fsp3) is 0.429. The molecule has 0 aliphatic carbocycles. The van der Waals surface area contributed by atoms with Crippen LogP contribution in [-0.4, -0.2) is 36.9 Å². The summed E-state index contributed by atoms with van der Waals surface area (Å²) in [6.45, 7) is 0.877. The molecule has 2 amide bonds. The maximum absolute atomic E-state index is 11.9. The van der Waals surface area contributed by atoms with Gasteiger partial charge in [-0.05, 0) is 5.56 Å². The standard InChI is InChI=1S/C14H19N3O2/c1-17-9-11(7-13(17)18)14(19)16-8-12(15)10-5-3-2-4-6-10/h2-6,11-12H,7-9,15H2,1H3,(H,16,19). The summed E-state index contributed by atoms with van der Waals surface area (Å²) in [5.74, 6) is -0.322. The molecule has 1 aromatic rings. The number of carbonyl (C=O) groups is 2. The van der Waals surface area contributed by atoms with E-state index in [1.807, 2.05) is 30.3 Å². The Labute approximate surface area is 112 Å². The molecule has 1 aliphatic rings. The van der Waals surface area contributed by atoms with Gasteiger partial charge in [-0.15, -0.1) is 0 Å². The van der Waals surface area contributed by atoms with E-state index in [1.165, 1.54) is 0 Å². The summed E-state index contributed by atoms with van der Waals surface area (Å²) in [7, 11) is 1.71. The van der Waals surface area contributed by atoms with Crippen LogP contribution < -0.4 is 11.1 Å². The van der Waals surface area contributed by atoms with Crippen molar-refractivity contribution in [3.05, 3.63) is 35.9 Å². The summed E-state index contributed by atoms with van der Waals surface area (Å²) in [6, 6.07) is 9.41. The fourth-order valence-corrected chi connectivity index (χ4v) is 2.21. The van der Waals surface area contributed by atoms with Crippen molar-refractivity contribution in [3.8, 4) is 0 Å². The van der Waals surface area contributed by atoms with Crippen LogP contribution in [0.15, 0.2) is 30.3 Å². The lowest BCUT2D eigenvalue weighted by Crippen LogP contribution is -2.36. The minimum atomic E-state index is -0.250. The zero-order valence-electron chi connectivity index (χ0n) is 11.0. The second-order valence-corrected chi connectivity index (χ2v) is 4.94. The Morgan fingerprint density at radius 3 is 2.74 bits per heavy atom. The number of nitrogens with zero attached hydrogens (tertiary/aromatic N) is 1. The Morgan fingerprint density at radius 2 is 2.16 bits per heavy atom. The van der Waals surface area contributed by atoms with E-state index >= 15 is 0 Å². The van der Waals surface area contributed by atoms with Crippen molar-refractivity contribution >= 4 is 11.8 Å². The van der Waals surface area contributed by atoms with E-state index in [2.05, 4.69) is 5.32 Å². The molecule has 0 aromatic heterocycles. The first-order valence-electron chi connectivity index (χ1n) is 6.40. The maximum atomic E-state index is 11.9. The van der Waals surface area contributed by atoms with Gasteiger partial charge >= 0.3 is 0 Å². The lowest BCUT2D eigenvalue weighted by atomic mass is 10.1. The predicted molar refractivity (Wildman–Crippen MR) is 72.1 cm³/mol. The van der Waals surface area contributed by atoms with E-state index in [4.69, 9.17) is 5.73 Å². The highest BCUT2D eigenvalue weighted by Gasteiger charge is 2.31. The molecule has 2 rings (SSSR count). The van der Waals surface area contributed by atoms with Gasteiger partial charge in [0.2, 0.25) is 11.8 Å². The molecule has 3 N–H and O–H groups in total. The molecule has 1 aromatic carbocycles. The van der Waals surface area contributed by atoms with Gasteiger partial charge < -0.3 is 16.0 Å². The highest BCUT2D eigenvalue weighted by molar-refractivity contribution is 5.89. The number of carbonyl (C=O) groups excluding carboxylic acids is 2. The van der Waals surface area contributed by atoms with Gasteiger partial charge in [0.05, 0.1) is 5.92 Å². The monoisotopic (exact) mass is 261 g/mol. The van der Waals surface area contributed by atoms with Crippen molar-refractivity contribution in [1.29, 1.82) is 0 Å². The van der Waals surface area contributed by atoms with Gasteiger partial charge in [-0.25, -0.2) is 0 Å². The highest BCUT2D eigenvalue weighted by Crippen LogP contribution is 2.16.